The van der Waals surface area contributed by atoms with Gasteiger partial charge in [0.2, 0.25) is 0 Å². The predicted octanol–water partition coefficient (Wildman–Crippen LogP) is 3.11. The number of hydrogen-bond donors (Lipinski definition) is 0. The van der Waals surface area contributed by atoms with Crippen LogP contribution in [0.5, 0.6) is 0 Å². The first-order valence-electron chi connectivity index (χ1n) is 14.1. The van der Waals surface area contributed by atoms with Crippen molar-refractivity contribution in [2.45, 2.75) is 51.5 Å². The van der Waals surface area contributed by atoms with E-state index in [0.717, 1.165) is 75.9 Å². The highest BCUT2D eigenvalue weighted by molar-refractivity contribution is 7.12. The zero-order chi connectivity index (χ0) is 26.6. The first-order chi connectivity index (χ1) is 19.2. The zero-order valence-corrected chi connectivity index (χ0v) is 23.8. The first kappa shape index (κ1) is 25.9. The van der Waals surface area contributed by atoms with Crippen LogP contribution in [0.4, 0.5) is 0 Å². The Hall–Kier alpha value is -3.36. The van der Waals surface area contributed by atoms with Crippen molar-refractivity contribution < 1.29 is 0 Å². The Morgan fingerprint density at radius 1 is 1.03 bits per heavy atom. The molecule has 202 valence electrons. The molecule has 0 radical (unpaired) electrons. The van der Waals surface area contributed by atoms with Crippen LogP contribution in [-0.2, 0) is 26.3 Å². The van der Waals surface area contributed by atoms with E-state index in [0.29, 0.717) is 6.04 Å². The van der Waals surface area contributed by atoms with E-state index in [-0.39, 0.29) is 0 Å². The summed E-state index contributed by atoms with van der Waals surface area (Å²) in [4.78, 5) is 13.2. The molecule has 0 amide bonds. The number of fused-ring (bicyclic) bond motifs is 2. The molecule has 8 heteroatoms. The molecule has 4 aromatic rings. The van der Waals surface area contributed by atoms with Crippen molar-refractivity contribution in [1.82, 2.24) is 35.0 Å². The largest absolute Gasteiger partial charge is 0.366 e. The molecule has 7 nitrogen and oxygen atoms in total. The Kier molecular flexibility index (Phi) is 7.83. The summed E-state index contributed by atoms with van der Waals surface area (Å²) in [7, 11) is 1.92. The van der Waals surface area contributed by atoms with Crippen LogP contribution in [0.1, 0.15) is 46.0 Å². The molecule has 4 heterocycles. The minimum absolute atomic E-state index is 0.491. The van der Waals surface area contributed by atoms with E-state index in [4.69, 9.17) is 4.98 Å². The van der Waals surface area contributed by atoms with Crippen LogP contribution in [0.15, 0.2) is 54.7 Å². The topological polar surface area (TPSA) is 63.0 Å². The quantitative estimate of drug-likeness (QED) is 0.305. The molecule has 1 fully saturated rings. The molecule has 1 saturated heterocycles. The van der Waals surface area contributed by atoms with Gasteiger partial charge in [-0.2, -0.15) is 0 Å². The average Bonchev–Trinajstić information content (AvgIpc) is 3.50. The molecule has 0 bridgehead atoms. The summed E-state index contributed by atoms with van der Waals surface area (Å²) >= 11 is 1.93. The van der Waals surface area contributed by atoms with Crippen LogP contribution in [0.25, 0.3) is 11.8 Å². The molecule has 1 aliphatic heterocycles. The lowest BCUT2D eigenvalue weighted by atomic mass is 10.00. The number of aromatic nitrogens is 5. The Morgan fingerprint density at radius 2 is 1.92 bits per heavy atom. The third kappa shape index (κ3) is 5.82. The van der Waals surface area contributed by atoms with Gasteiger partial charge in [0.15, 0.2) is 5.82 Å². The molecule has 1 atom stereocenters. The van der Waals surface area contributed by atoms with Gasteiger partial charge in [0.05, 0.1) is 11.0 Å². The van der Waals surface area contributed by atoms with Gasteiger partial charge in [-0.3, -0.25) is 9.88 Å². The summed E-state index contributed by atoms with van der Waals surface area (Å²) in [5.74, 6) is 0.968. The monoisotopic (exact) mass is 539 g/mol. The lowest BCUT2D eigenvalue weighted by molar-refractivity contribution is 0.0988. The number of rotatable bonds is 9. The number of aryl methyl sites for hydroxylation is 4. The van der Waals surface area contributed by atoms with Gasteiger partial charge in [-0.1, -0.05) is 42.5 Å². The lowest BCUT2D eigenvalue weighted by Gasteiger charge is -2.43. The standard InChI is InChI=1S/C31H37N7S/c1-23-21-27-28(39-23)16-14-25-11-8-17-32-30(25)31(27)38-20-19-37(18-7-6-12-29-33-34-35-36(29)2)26(22-38)15-13-24-9-4-3-5-10-24/h3-5,8-11,14,17,21,26H,6-7,12-13,15-16,18-20,22H2,1-2H3. The number of unbranched alkanes of at least 4 members (excludes halogenated alkanes) is 1. The second kappa shape index (κ2) is 11.8. The summed E-state index contributed by atoms with van der Waals surface area (Å²) in [6.45, 7) is 6.46. The highest BCUT2D eigenvalue weighted by Gasteiger charge is 2.30. The van der Waals surface area contributed by atoms with Crippen molar-refractivity contribution in [2.75, 3.05) is 26.2 Å². The van der Waals surface area contributed by atoms with Gasteiger partial charge in [-0.15, -0.1) is 16.4 Å². The smallest absolute Gasteiger partial charge is 0.150 e. The lowest BCUT2D eigenvalue weighted by Crippen LogP contribution is -2.54. The van der Waals surface area contributed by atoms with Gasteiger partial charge in [0.1, 0.15) is 0 Å². The van der Waals surface area contributed by atoms with E-state index >= 15 is 0 Å². The molecule has 6 rings (SSSR count). The predicted molar refractivity (Wildman–Crippen MR) is 157 cm³/mol. The number of thiophene rings is 1. The molecule has 0 N–H and O–H groups in total. The third-order valence-corrected chi connectivity index (χ3v) is 9.16. The van der Waals surface area contributed by atoms with Crippen molar-refractivity contribution in [3.8, 4) is 0 Å². The van der Waals surface area contributed by atoms with E-state index < -0.39 is 0 Å². The second-order valence-corrected chi connectivity index (χ2v) is 12.1. The first-order valence-corrected chi connectivity index (χ1v) is 15.0. The van der Waals surface area contributed by atoms with Crippen LogP contribution in [0.3, 0.4) is 0 Å². The summed E-state index contributed by atoms with van der Waals surface area (Å²) in [6, 6.07) is 18.1. The summed E-state index contributed by atoms with van der Waals surface area (Å²) in [6.07, 6.45) is 10.7. The minimum Gasteiger partial charge on any atom is -0.366 e. The van der Waals surface area contributed by atoms with Crippen molar-refractivity contribution in [3.05, 3.63) is 92.0 Å². The van der Waals surface area contributed by atoms with Crippen LogP contribution in [0, 0.1) is 6.92 Å². The zero-order valence-electron chi connectivity index (χ0n) is 23.0. The maximum Gasteiger partial charge on any atom is 0.150 e. The number of pyridine rings is 1. The number of piperazine rings is 1. The van der Waals surface area contributed by atoms with Crippen molar-refractivity contribution in [3.63, 3.8) is 0 Å². The van der Waals surface area contributed by atoms with E-state index in [1.165, 1.54) is 31.8 Å². The number of hydrogen-bond acceptors (Lipinski definition) is 7. The second-order valence-electron chi connectivity index (χ2n) is 10.7. The van der Waals surface area contributed by atoms with Gasteiger partial charge in [-0.25, -0.2) is 4.68 Å². The maximum absolute atomic E-state index is 4.94. The van der Waals surface area contributed by atoms with Gasteiger partial charge in [0, 0.05) is 67.1 Å². The van der Waals surface area contributed by atoms with Crippen LogP contribution in [0.2, 0.25) is 0 Å². The normalized spacial score (nSPS) is 17.4. The van der Waals surface area contributed by atoms with Crippen LogP contribution in [-0.4, -0.2) is 67.2 Å². The highest BCUT2D eigenvalue weighted by Crippen LogP contribution is 2.32. The molecular formula is C31H37N7S. The Bertz CT molecular complexity index is 1520. The van der Waals surface area contributed by atoms with Gasteiger partial charge in [0.25, 0.3) is 0 Å². The summed E-state index contributed by atoms with van der Waals surface area (Å²) < 4.78 is 1.79. The highest BCUT2D eigenvalue weighted by atomic mass is 32.1. The number of nitrogens with zero attached hydrogens (tertiary/aromatic N) is 7. The van der Waals surface area contributed by atoms with Gasteiger partial charge >= 0.3 is 0 Å². The van der Waals surface area contributed by atoms with Gasteiger partial charge < -0.3 is 4.90 Å². The van der Waals surface area contributed by atoms with E-state index in [2.05, 4.69) is 86.9 Å². The molecule has 1 aliphatic carbocycles. The molecule has 1 aromatic carbocycles. The Balaban J connectivity index is 1.24. The minimum atomic E-state index is 0.491. The maximum atomic E-state index is 4.94. The van der Waals surface area contributed by atoms with E-state index in [1.807, 2.05) is 24.6 Å². The molecule has 1 unspecified atom stereocenters. The number of benzene rings is 1. The SMILES string of the molecule is Cc1cc2c(s1)CC=c1cccnc1=C2N1CCN(CCCCc2nnnn2C)C(CCc2ccccc2)C1. The fourth-order valence-corrected chi connectivity index (χ4v) is 7.04. The third-order valence-electron chi connectivity index (χ3n) is 8.09. The fourth-order valence-electron chi connectivity index (χ4n) is 6.05. The van der Waals surface area contributed by atoms with Crippen molar-refractivity contribution >= 4 is 23.1 Å². The Labute approximate surface area is 234 Å². The summed E-state index contributed by atoms with van der Waals surface area (Å²) in [5, 5.41) is 14.3. The molecule has 3 aromatic heterocycles. The van der Waals surface area contributed by atoms with Crippen LogP contribution >= 0.6 is 11.3 Å². The van der Waals surface area contributed by atoms with E-state index in [1.54, 1.807) is 4.68 Å². The molecule has 39 heavy (non-hydrogen) atoms. The molecule has 2 aliphatic rings. The average molecular weight is 540 g/mol. The molecule has 0 saturated carbocycles. The fraction of sp³-hybridized carbons (Fsp3) is 0.419. The van der Waals surface area contributed by atoms with E-state index in [9.17, 15) is 0 Å². The van der Waals surface area contributed by atoms with Gasteiger partial charge in [-0.05, 0) is 72.5 Å². The molecule has 0 spiro atoms. The number of tetrazole rings is 1. The van der Waals surface area contributed by atoms with Crippen molar-refractivity contribution in [1.29, 1.82) is 0 Å². The van der Waals surface area contributed by atoms with Crippen LogP contribution < -0.4 is 10.6 Å². The molecular weight excluding hydrogens is 502 g/mol. The Morgan fingerprint density at radius 3 is 2.77 bits per heavy atom. The van der Waals surface area contributed by atoms with Crippen molar-refractivity contribution in [2.24, 2.45) is 7.05 Å². The summed E-state index contributed by atoms with van der Waals surface area (Å²) in [5.41, 5.74) is 4.14.